The molecule has 0 fully saturated rings. The summed E-state index contributed by atoms with van der Waals surface area (Å²) < 4.78 is 31.6. The molecule has 172 valence electrons. The van der Waals surface area contributed by atoms with E-state index in [0.29, 0.717) is 0 Å². The van der Waals surface area contributed by atoms with E-state index in [0.717, 1.165) is 38.8 Å². The van der Waals surface area contributed by atoms with Crippen molar-refractivity contribution in [2.24, 2.45) is 0 Å². The van der Waals surface area contributed by atoms with Gasteiger partial charge in [-0.2, -0.15) is 8.42 Å². The molecule has 6 nitrogen and oxygen atoms in total. The fourth-order valence-electron chi connectivity index (χ4n) is 2.80. The molecule has 0 aromatic heterocycles. The Morgan fingerprint density at radius 3 is 1.00 bits per heavy atom. The van der Waals surface area contributed by atoms with Crippen LogP contribution in [0.25, 0.3) is 0 Å². The maximum absolute atomic E-state index is 8.74. The van der Waals surface area contributed by atoms with Crippen LogP contribution in [-0.2, 0) is 10.4 Å². The van der Waals surface area contributed by atoms with Crippen molar-refractivity contribution in [3.63, 3.8) is 0 Å². The molecule has 29 heavy (non-hydrogen) atoms. The van der Waals surface area contributed by atoms with Gasteiger partial charge in [-0.1, -0.05) is 38.2 Å². The standard InChI is InChI=1S/2C11H21N.H2O4S/c2*1-6-9-11(4,10-7-2)12(5)8-3;1-5(2,3)4/h2*6-7H,1-2,8-10H2,3-5H3;(H2,1,2,3,4). The largest absolute Gasteiger partial charge is 0.394 e. The molecule has 7 heteroatoms. The summed E-state index contributed by atoms with van der Waals surface area (Å²) in [6.07, 6.45) is 12.0. The molecule has 0 heterocycles. The first kappa shape index (κ1) is 32.4. The van der Waals surface area contributed by atoms with Crippen LogP contribution in [0.15, 0.2) is 50.6 Å². The highest BCUT2D eigenvalue weighted by Crippen LogP contribution is 2.23. The molecule has 0 unspecified atom stereocenters. The smallest absolute Gasteiger partial charge is 0.301 e. The first-order chi connectivity index (χ1) is 13.2. The molecule has 0 saturated heterocycles. The summed E-state index contributed by atoms with van der Waals surface area (Å²) in [6.45, 7) is 26.1. The highest BCUT2D eigenvalue weighted by atomic mass is 32.3. The highest BCUT2D eigenvalue weighted by Gasteiger charge is 2.25. The van der Waals surface area contributed by atoms with Crippen molar-refractivity contribution in [2.45, 2.75) is 64.5 Å². The Hall–Kier alpha value is -1.25. The minimum Gasteiger partial charge on any atom is -0.301 e. The Labute approximate surface area is 180 Å². The fourth-order valence-corrected chi connectivity index (χ4v) is 2.80. The molecule has 0 aromatic rings. The molecule has 0 aliphatic carbocycles. The van der Waals surface area contributed by atoms with E-state index in [1.807, 2.05) is 24.3 Å². The Morgan fingerprint density at radius 2 is 0.897 bits per heavy atom. The first-order valence-electron chi connectivity index (χ1n) is 9.77. The number of hydrogen-bond acceptors (Lipinski definition) is 4. The highest BCUT2D eigenvalue weighted by molar-refractivity contribution is 7.79. The molecule has 0 rings (SSSR count). The number of nitrogens with zero attached hydrogens (tertiary/aromatic N) is 2. The summed E-state index contributed by atoms with van der Waals surface area (Å²) in [5.41, 5.74) is 0.413. The molecule has 0 spiro atoms. The Kier molecular flexibility index (Phi) is 18.5. The van der Waals surface area contributed by atoms with E-state index >= 15 is 0 Å². The average Bonchev–Trinajstić information content (AvgIpc) is 2.60. The summed E-state index contributed by atoms with van der Waals surface area (Å²) in [6, 6.07) is 0. The van der Waals surface area contributed by atoms with Gasteiger partial charge in [-0.05, 0) is 66.7 Å². The van der Waals surface area contributed by atoms with Crippen LogP contribution in [0.4, 0.5) is 0 Å². The van der Waals surface area contributed by atoms with Crippen LogP contribution >= 0.6 is 0 Å². The first-order valence-corrected chi connectivity index (χ1v) is 11.2. The zero-order valence-corrected chi connectivity index (χ0v) is 20.2. The molecule has 0 saturated carbocycles. The molecular weight excluding hydrogens is 388 g/mol. The van der Waals surface area contributed by atoms with E-state index in [9.17, 15) is 0 Å². The van der Waals surface area contributed by atoms with Gasteiger partial charge in [0.2, 0.25) is 0 Å². The molecule has 0 amide bonds. The van der Waals surface area contributed by atoms with Crippen LogP contribution in [0.5, 0.6) is 0 Å². The minimum absolute atomic E-state index is 0.207. The van der Waals surface area contributed by atoms with Crippen LogP contribution < -0.4 is 0 Å². The van der Waals surface area contributed by atoms with Crippen LogP contribution in [0, 0.1) is 0 Å². The van der Waals surface area contributed by atoms with Gasteiger partial charge < -0.3 is 9.80 Å². The SMILES string of the molecule is C=CCC(C)(CC=C)N(C)CC.C=CCC(C)(CC=C)N(C)CC.O=S(=O)(O)O. The van der Waals surface area contributed by atoms with Crippen LogP contribution in [0.1, 0.15) is 53.4 Å². The van der Waals surface area contributed by atoms with Gasteiger partial charge in [0.05, 0.1) is 0 Å². The van der Waals surface area contributed by atoms with Crippen LogP contribution in [-0.4, -0.2) is 65.6 Å². The monoisotopic (exact) mass is 432 g/mol. The summed E-state index contributed by atoms with van der Waals surface area (Å²) in [7, 11) is -0.375. The Bertz CT molecular complexity index is 509. The van der Waals surface area contributed by atoms with Gasteiger partial charge in [0, 0.05) is 11.1 Å². The van der Waals surface area contributed by atoms with Gasteiger partial charge in [0.25, 0.3) is 0 Å². The maximum atomic E-state index is 8.74. The second-order valence-corrected chi connectivity index (χ2v) is 8.34. The molecular formula is C22H44N2O4S. The second kappa shape index (κ2) is 16.5. The second-order valence-electron chi connectivity index (χ2n) is 7.44. The number of hydrogen-bond donors (Lipinski definition) is 2. The van der Waals surface area contributed by atoms with Crippen molar-refractivity contribution in [1.82, 2.24) is 9.80 Å². The third-order valence-corrected chi connectivity index (χ3v) is 5.13. The lowest BCUT2D eigenvalue weighted by Crippen LogP contribution is -2.42. The Balaban J connectivity index is -0.000000380. The summed E-state index contributed by atoms with van der Waals surface area (Å²) >= 11 is 0. The van der Waals surface area contributed by atoms with Crippen LogP contribution in [0.3, 0.4) is 0 Å². The topological polar surface area (TPSA) is 81.1 Å². The minimum atomic E-state index is -4.67. The van der Waals surface area contributed by atoms with Gasteiger partial charge in [-0.3, -0.25) is 9.11 Å². The predicted molar refractivity (Wildman–Crippen MR) is 127 cm³/mol. The zero-order valence-electron chi connectivity index (χ0n) is 19.4. The third kappa shape index (κ3) is 17.3. The molecule has 0 aliphatic heterocycles. The quantitative estimate of drug-likeness (QED) is 0.332. The zero-order chi connectivity index (χ0) is 23.7. The van der Waals surface area contributed by atoms with Crippen molar-refractivity contribution < 1.29 is 17.5 Å². The number of rotatable bonds is 12. The van der Waals surface area contributed by atoms with Gasteiger partial charge in [0.15, 0.2) is 0 Å². The van der Waals surface area contributed by atoms with Crippen molar-refractivity contribution in [1.29, 1.82) is 0 Å². The lowest BCUT2D eigenvalue weighted by atomic mass is 9.92. The predicted octanol–water partition coefficient (Wildman–Crippen LogP) is 5.05. The molecule has 0 radical (unpaired) electrons. The van der Waals surface area contributed by atoms with Crippen LogP contribution in [0.2, 0.25) is 0 Å². The summed E-state index contributed by atoms with van der Waals surface area (Å²) in [5, 5.41) is 0. The Morgan fingerprint density at radius 1 is 0.724 bits per heavy atom. The van der Waals surface area contributed by atoms with E-state index in [1.165, 1.54) is 0 Å². The van der Waals surface area contributed by atoms with Crippen molar-refractivity contribution in [2.75, 3.05) is 27.2 Å². The van der Waals surface area contributed by atoms with Gasteiger partial charge in [0.1, 0.15) is 0 Å². The maximum Gasteiger partial charge on any atom is 0.394 e. The van der Waals surface area contributed by atoms with E-state index in [4.69, 9.17) is 17.5 Å². The normalized spacial score (nSPS) is 11.7. The van der Waals surface area contributed by atoms with Crippen molar-refractivity contribution in [3.8, 4) is 0 Å². The summed E-state index contributed by atoms with van der Waals surface area (Å²) in [4.78, 5) is 4.69. The van der Waals surface area contributed by atoms with Crippen molar-refractivity contribution in [3.05, 3.63) is 50.6 Å². The molecule has 0 aromatic carbocycles. The van der Waals surface area contributed by atoms with Gasteiger partial charge in [-0.15, -0.1) is 26.3 Å². The summed E-state index contributed by atoms with van der Waals surface area (Å²) in [5.74, 6) is 0. The van der Waals surface area contributed by atoms with E-state index in [2.05, 4.69) is 77.9 Å². The van der Waals surface area contributed by atoms with Crippen molar-refractivity contribution >= 4 is 10.4 Å². The molecule has 0 aliphatic rings. The van der Waals surface area contributed by atoms with Gasteiger partial charge in [-0.25, -0.2) is 0 Å². The van der Waals surface area contributed by atoms with E-state index in [-0.39, 0.29) is 11.1 Å². The molecule has 0 atom stereocenters. The van der Waals surface area contributed by atoms with Gasteiger partial charge >= 0.3 is 10.4 Å². The average molecular weight is 433 g/mol. The fraction of sp³-hybridized carbons (Fsp3) is 0.636. The van der Waals surface area contributed by atoms with E-state index < -0.39 is 10.4 Å². The lowest BCUT2D eigenvalue weighted by Gasteiger charge is -2.37. The third-order valence-electron chi connectivity index (χ3n) is 5.13. The lowest BCUT2D eigenvalue weighted by molar-refractivity contribution is 0.150. The molecule has 0 bridgehead atoms. The van der Waals surface area contributed by atoms with E-state index in [1.54, 1.807) is 0 Å². The molecule has 2 N–H and O–H groups in total.